The van der Waals surface area contributed by atoms with E-state index in [0.29, 0.717) is 10.8 Å². The summed E-state index contributed by atoms with van der Waals surface area (Å²) in [4.78, 5) is 11.4. The smallest absolute Gasteiger partial charge is 0.302 e. The molecular weight excluding hydrogens is 459 g/mol. The first-order chi connectivity index (χ1) is 13.3. The summed E-state index contributed by atoms with van der Waals surface area (Å²) >= 11 is 2.57. The van der Waals surface area contributed by atoms with Crippen molar-refractivity contribution in [3.05, 3.63) is 0 Å². The highest BCUT2D eigenvalue weighted by Gasteiger charge is 2.60. The molecular formula is C25H41IO2. The molecule has 160 valence electrons. The number of hydrogen-bond acceptors (Lipinski definition) is 2. The van der Waals surface area contributed by atoms with Crippen LogP contribution in [0.5, 0.6) is 0 Å². The first-order valence-electron chi connectivity index (χ1n) is 12.0. The van der Waals surface area contributed by atoms with Gasteiger partial charge in [0.05, 0.1) is 0 Å². The summed E-state index contributed by atoms with van der Waals surface area (Å²) in [6, 6.07) is 0. The largest absolute Gasteiger partial charge is 0.463 e. The highest BCUT2D eigenvalue weighted by molar-refractivity contribution is 14.1. The molecule has 4 rings (SSSR count). The van der Waals surface area contributed by atoms with Crippen LogP contribution in [-0.2, 0) is 9.53 Å². The molecule has 0 aromatic rings. The van der Waals surface area contributed by atoms with Crippen molar-refractivity contribution in [1.29, 1.82) is 0 Å². The molecule has 0 saturated heterocycles. The minimum atomic E-state index is -0.0895. The Morgan fingerprint density at radius 1 is 1.04 bits per heavy atom. The zero-order chi connectivity index (χ0) is 20.1. The van der Waals surface area contributed by atoms with Crippen LogP contribution in [0.2, 0.25) is 0 Å². The van der Waals surface area contributed by atoms with Crippen molar-refractivity contribution in [2.45, 2.75) is 98.0 Å². The van der Waals surface area contributed by atoms with E-state index in [1.165, 1.54) is 55.8 Å². The maximum atomic E-state index is 11.4. The topological polar surface area (TPSA) is 26.3 Å². The van der Waals surface area contributed by atoms with Gasteiger partial charge in [-0.2, -0.15) is 0 Å². The first kappa shape index (κ1) is 21.4. The van der Waals surface area contributed by atoms with Gasteiger partial charge in [-0.15, -0.1) is 0 Å². The Bertz CT molecular complexity index is 591. The number of hydrogen-bond donors (Lipinski definition) is 0. The summed E-state index contributed by atoms with van der Waals surface area (Å²) in [6.07, 6.45) is 13.8. The molecule has 3 heteroatoms. The average molecular weight is 501 g/mol. The Hall–Kier alpha value is 0.200. The molecule has 9 atom stereocenters. The number of rotatable bonds is 4. The lowest BCUT2D eigenvalue weighted by Crippen LogP contribution is -2.54. The number of fused-ring (bicyclic) bond motifs is 5. The Labute approximate surface area is 186 Å². The second kappa shape index (κ2) is 8.04. The lowest BCUT2D eigenvalue weighted by Gasteiger charge is -2.61. The molecule has 28 heavy (non-hydrogen) atoms. The molecule has 0 aromatic heterocycles. The van der Waals surface area contributed by atoms with Gasteiger partial charge >= 0.3 is 5.97 Å². The van der Waals surface area contributed by atoms with Gasteiger partial charge < -0.3 is 4.74 Å². The maximum Gasteiger partial charge on any atom is 0.302 e. The molecule has 0 aromatic carbocycles. The van der Waals surface area contributed by atoms with Crippen LogP contribution >= 0.6 is 22.6 Å². The van der Waals surface area contributed by atoms with E-state index in [1.54, 1.807) is 6.92 Å². The standard InChI is InChI=1S/C25H41IO2/c1-16(11-14-26)21-7-8-22-20-6-5-18-15-19(28-17(2)27)9-12-24(18,3)23(20)10-13-25(21,22)4/h16,18-23H,5-15H2,1-4H3/t16-,18?,19-,20?,21?,22?,23?,24+,25-/m1/s1. The molecule has 0 bridgehead atoms. The summed E-state index contributed by atoms with van der Waals surface area (Å²) in [6.45, 7) is 9.41. The van der Waals surface area contributed by atoms with Gasteiger partial charge in [-0.25, -0.2) is 0 Å². The van der Waals surface area contributed by atoms with Crippen molar-refractivity contribution in [1.82, 2.24) is 0 Å². The minimum absolute atomic E-state index is 0.0895. The van der Waals surface area contributed by atoms with Crippen molar-refractivity contribution in [2.24, 2.45) is 46.3 Å². The second-order valence-electron chi connectivity index (χ2n) is 11.3. The van der Waals surface area contributed by atoms with E-state index in [0.717, 1.165) is 48.3 Å². The minimum Gasteiger partial charge on any atom is -0.463 e. The number of carbonyl (C=O) groups excluding carboxylic acids is 1. The van der Waals surface area contributed by atoms with Gasteiger partial charge in [-0.3, -0.25) is 4.79 Å². The van der Waals surface area contributed by atoms with E-state index in [-0.39, 0.29) is 12.1 Å². The molecule has 4 aliphatic rings. The number of esters is 1. The normalized spacial score (nSPS) is 48.9. The van der Waals surface area contributed by atoms with Gasteiger partial charge in [-0.05, 0) is 115 Å². The summed E-state index contributed by atoms with van der Waals surface area (Å²) in [5, 5.41) is 0. The third kappa shape index (κ3) is 3.47. The van der Waals surface area contributed by atoms with Crippen LogP contribution in [0.3, 0.4) is 0 Å². The zero-order valence-corrected chi connectivity index (χ0v) is 20.7. The average Bonchev–Trinajstić information content (AvgIpc) is 2.99. The number of ether oxygens (including phenoxy) is 1. The van der Waals surface area contributed by atoms with Crippen LogP contribution in [0, 0.1) is 46.3 Å². The quantitative estimate of drug-likeness (QED) is 0.235. The predicted molar refractivity (Wildman–Crippen MR) is 123 cm³/mol. The molecule has 0 heterocycles. The Balaban J connectivity index is 1.50. The zero-order valence-electron chi connectivity index (χ0n) is 18.5. The predicted octanol–water partition coefficient (Wildman–Crippen LogP) is 7.04. The van der Waals surface area contributed by atoms with Gasteiger partial charge in [0.25, 0.3) is 0 Å². The van der Waals surface area contributed by atoms with Crippen LogP contribution in [-0.4, -0.2) is 16.5 Å². The van der Waals surface area contributed by atoms with E-state index < -0.39 is 0 Å². The molecule has 0 spiro atoms. The van der Waals surface area contributed by atoms with Gasteiger partial charge in [0, 0.05) is 6.92 Å². The summed E-state index contributed by atoms with van der Waals surface area (Å²) < 4.78 is 6.94. The van der Waals surface area contributed by atoms with Crippen LogP contribution in [0.15, 0.2) is 0 Å². The molecule has 4 aliphatic carbocycles. The fourth-order valence-electron chi connectivity index (χ4n) is 8.91. The maximum absolute atomic E-state index is 11.4. The van der Waals surface area contributed by atoms with E-state index >= 15 is 0 Å². The van der Waals surface area contributed by atoms with Gasteiger partial charge in [0.2, 0.25) is 0 Å². The van der Waals surface area contributed by atoms with Crippen molar-refractivity contribution in [3.63, 3.8) is 0 Å². The third-order valence-corrected chi connectivity index (χ3v) is 10.9. The first-order valence-corrected chi connectivity index (χ1v) is 13.6. The van der Waals surface area contributed by atoms with Crippen LogP contribution < -0.4 is 0 Å². The highest BCUT2D eigenvalue weighted by atomic mass is 127. The molecule has 0 radical (unpaired) electrons. The van der Waals surface area contributed by atoms with Crippen LogP contribution in [0.4, 0.5) is 0 Å². The van der Waals surface area contributed by atoms with E-state index in [2.05, 4.69) is 43.4 Å². The molecule has 0 amide bonds. The van der Waals surface area contributed by atoms with Crippen LogP contribution in [0.1, 0.15) is 91.9 Å². The lowest BCUT2D eigenvalue weighted by atomic mass is 9.44. The monoisotopic (exact) mass is 500 g/mol. The van der Waals surface area contributed by atoms with Crippen LogP contribution in [0.25, 0.3) is 0 Å². The fourth-order valence-corrected chi connectivity index (χ4v) is 9.89. The Kier molecular flexibility index (Phi) is 6.15. The number of halogens is 1. The van der Waals surface area contributed by atoms with Crippen molar-refractivity contribution in [3.8, 4) is 0 Å². The third-order valence-electron chi connectivity index (χ3n) is 10.3. The molecule has 4 fully saturated rings. The molecule has 5 unspecified atom stereocenters. The number of carbonyl (C=O) groups is 1. The van der Waals surface area contributed by atoms with Crippen molar-refractivity contribution < 1.29 is 9.53 Å². The highest BCUT2D eigenvalue weighted by Crippen LogP contribution is 2.68. The summed E-state index contributed by atoms with van der Waals surface area (Å²) in [7, 11) is 0. The van der Waals surface area contributed by atoms with Gasteiger partial charge in [0.1, 0.15) is 6.10 Å². The Morgan fingerprint density at radius 2 is 1.75 bits per heavy atom. The van der Waals surface area contributed by atoms with Gasteiger partial charge in [-0.1, -0.05) is 43.4 Å². The lowest BCUT2D eigenvalue weighted by molar-refractivity contribution is -0.160. The molecule has 0 aliphatic heterocycles. The summed E-state index contributed by atoms with van der Waals surface area (Å²) in [5.41, 5.74) is 1.09. The number of alkyl halides is 1. The van der Waals surface area contributed by atoms with E-state index in [9.17, 15) is 4.79 Å². The van der Waals surface area contributed by atoms with E-state index in [1.807, 2.05) is 0 Å². The fraction of sp³-hybridized carbons (Fsp3) is 0.960. The van der Waals surface area contributed by atoms with Crippen molar-refractivity contribution in [2.75, 3.05) is 4.43 Å². The SMILES string of the molecule is CC(=O)O[C@@H]1CC[C@@]2(C)C(CCC3C2CC[C@@]2(C)C3CCC2[C@H](C)CCI)C1. The molecule has 2 nitrogen and oxygen atoms in total. The second-order valence-corrected chi connectivity index (χ2v) is 12.4. The molecule has 4 saturated carbocycles. The van der Waals surface area contributed by atoms with E-state index in [4.69, 9.17) is 4.74 Å². The van der Waals surface area contributed by atoms with Crippen molar-refractivity contribution >= 4 is 28.6 Å². The molecule has 0 N–H and O–H groups in total. The Morgan fingerprint density at radius 3 is 2.46 bits per heavy atom. The van der Waals surface area contributed by atoms with Gasteiger partial charge in [0.15, 0.2) is 0 Å². The summed E-state index contributed by atoms with van der Waals surface area (Å²) in [5.74, 6) is 5.38.